The standard InChI is InChI=1S/C13H17Cl2N3O3/c14-11-10(21-9(7-19)8-1-2-8)12(17-13(15)16-11)18-3-5-20-6-4-18/h8-9,19H,1-7H2/t9-/m1/s1. The molecule has 1 saturated carbocycles. The zero-order valence-electron chi connectivity index (χ0n) is 11.5. The van der Waals surface area contributed by atoms with Gasteiger partial charge in [0, 0.05) is 13.1 Å². The van der Waals surface area contributed by atoms with Gasteiger partial charge in [0.2, 0.25) is 5.28 Å². The van der Waals surface area contributed by atoms with Crippen molar-refractivity contribution < 1.29 is 14.6 Å². The Balaban J connectivity index is 1.89. The van der Waals surface area contributed by atoms with Gasteiger partial charge in [-0.05, 0) is 30.4 Å². The van der Waals surface area contributed by atoms with Crippen LogP contribution in [0.5, 0.6) is 5.75 Å². The van der Waals surface area contributed by atoms with Crippen LogP contribution in [-0.4, -0.2) is 54.1 Å². The van der Waals surface area contributed by atoms with Crippen molar-refractivity contribution in [3.8, 4) is 5.75 Å². The van der Waals surface area contributed by atoms with Gasteiger partial charge in [0.15, 0.2) is 16.7 Å². The summed E-state index contributed by atoms with van der Waals surface area (Å²) in [5, 5.41) is 9.74. The first kappa shape index (κ1) is 15.1. The Morgan fingerprint density at radius 3 is 2.62 bits per heavy atom. The molecule has 2 heterocycles. The normalized spacial score (nSPS) is 20.4. The fourth-order valence-electron chi connectivity index (χ4n) is 2.38. The summed E-state index contributed by atoms with van der Waals surface area (Å²) in [4.78, 5) is 10.2. The minimum atomic E-state index is -0.271. The molecule has 0 aromatic carbocycles. The first-order chi connectivity index (χ1) is 10.2. The Kier molecular flexibility index (Phi) is 4.69. The van der Waals surface area contributed by atoms with Crippen LogP contribution in [0.25, 0.3) is 0 Å². The lowest BCUT2D eigenvalue weighted by atomic mass is 10.2. The average molecular weight is 334 g/mol. The van der Waals surface area contributed by atoms with E-state index >= 15 is 0 Å². The van der Waals surface area contributed by atoms with E-state index in [4.69, 9.17) is 32.7 Å². The van der Waals surface area contributed by atoms with Crippen LogP contribution in [-0.2, 0) is 4.74 Å². The van der Waals surface area contributed by atoms with Crippen LogP contribution in [0.1, 0.15) is 12.8 Å². The zero-order chi connectivity index (χ0) is 14.8. The zero-order valence-corrected chi connectivity index (χ0v) is 13.0. The minimum Gasteiger partial charge on any atom is -0.481 e. The smallest absolute Gasteiger partial charge is 0.226 e. The molecule has 8 heteroatoms. The van der Waals surface area contributed by atoms with E-state index in [0.29, 0.717) is 43.8 Å². The average Bonchev–Trinajstić information content (AvgIpc) is 3.31. The number of halogens is 2. The highest BCUT2D eigenvalue weighted by atomic mass is 35.5. The molecule has 0 bridgehead atoms. The summed E-state index contributed by atoms with van der Waals surface area (Å²) in [7, 11) is 0. The third-order valence-corrected chi connectivity index (χ3v) is 4.11. The number of anilines is 1. The summed E-state index contributed by atoms with van der Waals surface area (Å²) in [5.41, 5.74) is 0. The van der Waals surface area contributed by atoms with Gasteiger partial charge in [0.25, 0.3) is 0 Å². The fourth-order valence-corrected chi connectivity index (χ4v) is 2.80. The highest BCUT2D eigenvalue weighted by molar-refractivity contribution is 6.33. The summed E-state index contributed by atoms with van der Waals surface area (Å²) in [6.45, 7) is 2.56. The van der Waals surface area contributed by atoms with Crippen LogP contribution in [0.2, 0.25) is 10.4 Å². The highest BCUT2D eigenvalue weighted by Crippen LogP contribution is 2.40. The van der Waals surface area contributed by atoms with Gasteiger partial charge < -0.3 is 19.5 Å². The van der Waals surface area contributed by atoms with E-state index in [1.54, 1.807) is 0 Å². The Labute approximate surface area is 133 Å². The number of ether oxygens (including phenoxy) is 2. The lowest BCUT2D eigenvalue weighted by Crippen LogP contribution is -2.37. The summed E-state index contributed by atoms with van der Waals surface area (Å²) < 4.78 is 11.2. The summed E-state index contributed by atoms with van der Waals surface area (Å²) in [5.74, 6) is 1.34. The van der Waals surface area contributed by atoms with Gasteiger partial charge in [-0.3, -0.25) is 0 Å². The Bertz CT molecular complexity index is 508. The maximum absolute atomic E-state index is 9.48. The fraction of sp³-hybridized carbons (Fsp3) is 0.692. The Morgan fingerprint density at radius 2 is 2.00 bits per heavy atom. The maximum atomic E-state index is 9.48. The van der Waals surface area contributed by atoms with Gasteiger partial charge in [-0.2, -0.15) is 4.98 Å². The van der Waals surface area contributed by atoms with Gasteiger partial charge >= 0.3 is 0 Å². The van der Waals surface area contributed by atoms with Crippen molar-refractivity contribution in [2.45, 2.75) is 18.9 Å². The molecule has 2 aliphatic rings. The topological polar surface area (TPSA) is 67.7 Å². The minimum absolute atomic E-state index is 0.0494. The van der Waals surface area contributed by atoms with Crippen LogP contribution in [0, 0.1) is 5.92 Å². The van der Waals surface area contributed by atoms with Crippen molar-refractivity contribution in [2.24, 2.45) is 5.92 Å². The van der Waals surface area contributed by atoms with Gasteiger partial charge in [-0.1, -0.05) is 11.6 Å². The molecular weight excluding hydrogens is 317 g/mol. The third kappa shape index (κ3) is 3.51. The molecule has 0 radical (unpaired) electrons. The quantitative estimate of drug-likeness (QED) is 0.654. The van der Waals surface area contributed by atoms with Gasteiger partial charge in [-0.15, -0.1) is 0 Å². The maximum Gasteiger partial charge on any atom is 0.226 e. The number of nitrogens with zero attached hydrogens (tertiary/aromatic N) is 3. The molecule has 1 aliphatic heterocycles. The number of rotatable bonds is 5. The van der Waals surface area contributed by atoms with E-state index in [1.165, 1.54) is 0 Å². The van der Waals surface area contributed by atoms with Crippen molar-refractivity contribution in [2.75, 3.05) is 37.8 Å². The van der Waals surface area contributed by atoms with E-state index in [0.717, 1.165) is 12.8 Å². The number of aromatic nitrogens is 2. The second kappa shape index (κ2) is 6.52. The number of hydrogen-bond donors (Lipinski definition) is 1. The second-order valence-electron chi connectivity index (χ2n) is 5.21. The van der Waals surface area contributed by atoms with Crippen LogP contribution in [0.4, 0.5) is 5.82 Å². The Hall–Kier alpha value is -0.820. The molecule has 1 aliphatic carbocycles. The predicted molar refractivity (Wildman–Crippen MR) is 79.3 cm³/mol. The molecule has 1 N–H and O–H groups in total. The number of aliphatic hydroxyl groups excluding tert-OH is 1. The molecule has 116 valence electrons. The molecular formula is C13H17Cl2N3O3. The molecule has 0 spiro atoms. The lowest BCUT2D eigenvalue weighted by Gasteiger charge is -2.30. The third-order valence-electron chi connectivity index (χ3n) is 3.69. The predicted octanol–water partition coefficient (Wildman–Crippen LogP) is 1.77. The molecule has 1 aromatic rings. The van der Waals surface area contributed by atoms with Crippen molar-refractivity contribution >= 4 is 29.0 Å². The van der Waals surface area contributed by atoms with Crippen LogP contribution in [0.3, 0.4) is 0 Å². The molecule has 1 aromatic heterocycles. The molecule has 0 amide bonds. The molecule has 2 fully saturated rings. The second-order valence-corrected chi connectivity index (χ2v) is 5.91. The first-order valence-electron chi connectivity index (χ1n) is 7.02. The van der Waals surface area contributed by atoms with E-state index in [-0.39, 0.29) is 23.1 Å². The summed E-state index contributed by atoms with van der Waals surface area (Å²) >= 11 is 12.1. The molecule has 0 unspecified atom stereocenters. The van der Waals surface area contributed by atoms with Crippen molar-refractivity contribution in [3.63, 3.8) is 0 Å². The van der Waals surface area contributed by atoms with Crippen molar-refractivity contribution in [1.29, 1.82) is 0 Å². The number of hydrogen-bond acceptors (Lipinski definition) is 6. The van der Waals surface area contributed by atoms with Gasteiger partial charge in [-0.25, -0.2) is 4.98 Å². The molecule has 6 nitrogen and oxygen atoms in total. The largest absolute Gasteiger partial charge is 0.481 e. The van der Waals surface area contributed by atoms with E-state index in [9.17, 15) is 5.11 Å². The van der Waals surface area contributed by atoms with Crippen molar-refractivity contribution in [3.05, 3.63) is 10.4 Å². The van der Waals surface area contributed by atoms with Gasteiger partial charge in [0.1, 0.15) is 6.10 Å². The molecule has 1 saturated heterocycles. The molecule has 1 atom stereocenters. The van der Waals surface area contributed by atoms with E-state index in [2.05, 4.69) is 9.97 Å². The van der Waals surface area contributed by atoms with E-state index in [1.807, 2.05) is 4.90 Å². The van der Waals surface area contributed by atoms with Crippen LogP contribution < -0.4 is 9.64 Å². The first-order valence-corrected chi connectivity index (χ1v) is 7.78. The highest BCUT2D eigenvalue weighted by Gasteiger charge is 2.34. The SMILES string of the molecule is OC[C@@H](Oc1c(Cl)nc(Cl)nc1N1CCOCC1)C1CC1. The number of aliphatic hydroxyl groups is 1. The van der Waals surface area contributed by atoms with Crippen LogP contribution in [0.15, 0.2) is 0 Å². The molecule has 3 rings (SSSR count). The molecule has 21 heavy (non-hydrogen) atoms. The summed E-state index contributed by atoms with van der Waals surface area (Å²) in [6, 6.07) is 0. The van der Waals surface area contributed by atoms with Crippen molar-refractivity contribution in [1.82, 2.24) is 9.97 Å². The monoisotopic (exact) mass is 333 g/mol. The number of morpholine rings is 1. The lowest BCUT2D eigenvalue weighted by molar-refractivity contribution is 0.0967. The Morgan fingerprint density at radius 1 is 1.29 bits per heavy atom. The summed E-state index contributed by atoms with van der Waals surface area (Å²) in [6.07, 6.45) is 1.85. The van der Waals surface area contributed by atoms with Gasteiger partial charge in [0.05, 0.1) is 19.8 Å². The van der Waals surface area contributed by atoms with Crippen LogP contribution >= 0.6 is 23.2 Å². The van der Waals surface area contributed by atoms with E-state index < -0.39 is 0 Å².